The second kappa shape index (κ2) is 9.30. The molecule has 0 aromatic heterocycles. The van der Waals surface area contributed by atoms with Crippen molar-refractivity contribution in [3.63, 3.8) is 0 Å². The van der Waals surface area contributed by atoms with Crippen molar-refractivity contribution >= 4 is 9.39 Å². The van der Waals surface area contributed by atoms with Crippen molar-refractivity contribution in [2.45, 2.75) is 52.5 Å². The van der Waals surface area contributed by atoms with Gasteiger partial charge in [-0.15, -0.1) is 0 Å². The number of halogens is 1. The lowest BCUT2D eigenvalue weighted by Gasteiger charge is -2.24. The highest BCUT2D eigenvalue weighted by atomic mass is 31.0. The van der Waals surface area contributed by atoms with Gasteiger partial charge in [0.1, 0.15) is 5.82 Å². The van der Waals surface area contributed by atoms with E-state index in [-0.39, 0.29) is 11.2 Å². The van der Waals surface area contributed by atoms with E-state index in [2.05, 4.69) is 58.7 Å². The highest BCUT2D eigenvalue weighted by Crippen LogP contribution is 2.28. The van der Waals surface area contributed by atoms with Crippen molar-refractivity contribution in [3.05, 3.63) is 71.0 Å². The van der Waals surface area contributed by atoms with Crippen LogP contribution < -0.4 is 5.09 Å². The van der Waals surface area contributed by atoms with Crippen LogP contribution in [0.3, 0.4) is 0 Å². The third kappa shape index (κ3) is 6.34. The minimum atomic E-state index is -0.0729. The first-order valence-corrected chi connectivity index (χ1v) is 9.33. The van der Waals surface area contributed by atoms with Crippen molar-refractivity contribution in [3.8, 4) is 0 Å². The molecule has 1 nitrogen and oxygen atoms in total. The molecule has 24 heavy (non-hydrogen) atoms. The summed E-state index contributed by atoms with van der Waals surface area (Å²) in [5.41, 5.74) is 3.50. The van der Waals surface area contributed by atoms with E-state index >= 15 is 0 Å². The number of unbranched alkanes of at least 4 members (excludes halogenated alkanes) is 1. The molecule has 0 fully saturated rings. The van der Waals surface area contributed by atoms with Gasteiger partial charge in [-0.25, -0.2) is 4.39 Å². The molecule has 0 bridgehead atoms. The van der Waals surface area contributed by atoms with Gasteiger partial charge in [-0.2, -0.15) is 0 Å². The van der Waals surface area contributed by atoms with Crippen LogP contribution in [-0.2, 0) is 19.4 Å². The average Bonchev–Trinajstić information content (AvgIpc) is 2.54. The minimum absolute atomic E-state index is 0.0729. The Hall–Kier alpha value is -1.24. The van der Waals surface area contributed by atoms with Gasteiger partial charge in [-0.3, -0.25) is 5.09 Å². The van der Waals surface area contributed by atoms with Gasteiger partial charge in [0, 0.05) is 6.54 Å². The molecule has 3 heteroatoms. The molecular weight excluding hydrogens is 316 g/mol. The smallest absolute Gasteiger partial charge is 0.126 e. The summed E-state index contributed by atoms with van der Waals surface area (Å²) in [6.07, 6.45) is 5.25. The van der Waals surface area contributed by atoms with Crippen LogP contribution in [0.4, 0.5) is 4.39 Å². The molecule has 0 aliphatic carbocycles. The number of aryl methyl sites for hydroxylation is 1. The molecule has 2 aromatic rings. The van der Waals surface area contributed by atoms with Crippen LogP contribution in [0.15, 0.2) is 48.5 Å². The van der Waals surface area contributed by atoms with Gasteiger partial charge in [0.05, 0.1) is 0 Å². The highest BCUT2D eigenvalue weighted by molar-refractivity contribution is 7.13. The van der Waals surface area contributed by atoms with E-state index in [1.54, 1.807) is 6.07 Å². The first-order valence-electron chi connectivity index (χ1n) is 8.75. The second-order valence-corrected chi connectivity index (χ2v) is 7.75. The molecule has 0 saturated carbocycles. The van der Waals surface area contributed by atoms with Crippen molar-refractivity contribution in [1.29, 1.82) is 0 Å². The first-order chi connectivity index (χ1) is 11.5. The SMILES string of the molecule is CC(C)(CCCCc1ccc(CNP)cc1F)Cc1ccccc1. The summed E-state index contributed by atoms with van der Waals surface area (Å²) in [7, 11) is 2.44. The summed E-state index contributed by atoms with van der Waals surface area (Å²) >= 11 is 0. The van der Waals surface area contributed by atoms with Crippen molar-refractivity contribution in [1.82, 2.24) is 5.09 Å². The molecule has 0 spiro atoms. The van der Waals surface area contributed by atoms with Gasteiger partial charge in [0.15, 0.2) is 0 Å². The number of nitrogens with one attached hydrogen (secondary N) is 1. The molecule has 1 N–H and O–H groups in total. The van der Waals surface area contributed by atoms with E-state index in [9.17, 15) is 4.39 Å². The number of hydrogen-bond acceptors (Lipinski definition) is 1. The van der Waals surface area contributed by atoms with Gasteiger partial charge >= 0.3 is 0 Å². The quantitative estimate of drug-likeness (QED) is 0.455. The summed E-state index contributed by atoms with van der Waals surface area (Å²) < 4.78 is 14.1. The van der Waals surface area contributed by atoms with Gasteiger partial charge in [-0.05, 0) is 53.9 Å². The fraction of sp³-hybridized carbons (Fsp3) is 0.429. The molecule has 1 unspecified atom stereocenters. The van der Waals surface area contributed by atoms with Crippen molar-refractivity contribution < 1.29 is 4.39 Å². The predicted molar refractivity (Wildman–Crippen MR) is 104 cm³/mol. The van der Waals surface area contributed by atoms with Crippen LogP contribution in [0, 0.1) is 11.2 Å². The summed E-state index contributed by atoms with van der Waals surface area (Å²) in [5, 5.41) is 2.97. The fourth-order valence-electron chi connectivity index (χ4n) is 3.18. The van der Waals surface area contributed by atoms with E-state index < -0.39 is 0 Å². The Bertz CT molecular complexity index is 625. The Morgan fingerprint density at radius 1 is 1.00 bits per heavy atom. The van der Waals surface area contributed by atoms with Crippen LogP contribution in [0.25, 0.3) is 0 Å². The number of rotatable bonds is 9. The number of hydrogen-bond donors (Lipinski definition) is 1. The van der Waals surface area contributed by atoms with Gasteiger partial charge in [0.25, 0.3) is 0 Å². The lowest BCUT2D eigenvalue weighted by atomic mass is 9.81. The van der Waals surface area contributed by atoms with E-state index in [1.165, 1.54) is 12.0 Å². The minimum Gasteiger partial charge on any atom is -0.296 e. The zero-order valence-corrected chi connectivity index (χ0v) is 16.0. The second-order valence-electron chi connectivity index (χ2n) is 7.34. The maximum Gasteiger partial charge on any atom is 0.126 e. The topological polar surface area (TPSA) is 12.0 Å². The lowest BCUT2D eigenvalue weighted by molar-refractivity contribution is 0.319. The van der Waals surface area contributed by atoms with E-state index in [0.29, 0.717) is 6.54 Å². The summed E-state index contributed by atoms with van der Waals surface area (Å²) in [5.74, 6) is -0.0729. The summed E-state index contributed by atoms with van der Waals surface area (Å²) in [4.78, 5) is 0. The van der Waals surface area contributed by atoms with Gasteiger partial charge in [0.2, 0.25) is 0 Å². The van der Waals surface area contributed by atoms with Crippen LogP contribution in [0.5, 0.6) is 0 Å². The largest absolute Gasteiger partial charge is 0.296 e. The first kappa shape index (κ1) is 19.1. The molecular formula is C21H29FNP. The molecule has 130 valence electrons. The molecule has 2 aromatic carbocycles. The molecule has 0 aliphatic heterocycles. The van der Waals surface area contributed by atoms with Gasteiger partial charge in [-0.1, -0.05) is 72.1 Å². The van der Waals surface area contributed by atoms with Crippen LogP contribution in [0.1, 0.15) is 49.8 Å². The maximum absolute atomic E-state index is 14.1. The molecule has 0 heterocycles. The van der Waals surface area contributed by atoms with Crippen molar-refractivity contribution in [2.75, 3.05) is 0 Å². The predicted octanol–water partition coefficient (Wildman–Crippen LogP) is 5.69. The molecule has 0 radical (unpaired) electrons. The summed E-state index contributed by atoms with van der Waals surface area (Å²) in [6, 6.07) is 16.2. The molecule has 1 atom stereocenters. The Labute approximate surface area is 148 Å². The van der Waals surface area contributed by atoms with E-state index in [0.717, 1.165) is 36.8 Å². The third-order valence-electron chi connectivity index (χ3n) is 4.50. The van der Waals surface area contributed by atoms with Crippen LogP contribution in [-0.4, -0.2) is 0 Å². The zero-order chi connectivity index (χ0) is 17.4. The Balaban J connectivity index is 1.77. The molecule has 0 aliphatic rings. The lowest BCUT2D eigenvalue weighted by Crippen LogP contribution is -2.15. The zero-order valence-electron chi connectivity index (χ0n) is 14.8. The number of benzene rings is 2. The average molecular weight is 345 g/mol. The van der Waals surface area contributed by atoms with Crippen LogP contribution >= 0.6 is 9.39 Å². The molecule has 0 amide bonds. The Morgan fingerprint density at radius 2 is 1.75 bits per heavy atom. The van der Waals surface area contributed by atoms with Gasteiger partial charge < -0.3 is 0 Å². The highest BCUT2D eigenvalue weighted by Gasteiger charge is 2.18. The fourth-order valence-corrected chi connectivity index (χ4v) is 3.41. The molecule has 2 rings (SSSR count). The van der Waals surface area contributed by atoms with Crippen LogP contribution in [0.2, 0.25) is 0 Å². The van der Waals surface area contributed by atoms with E-state index in [4.69, 9.17) is 0 Å². The standard InChI is InChI=1S/C21H29FNP/c1-21(2,15-17-8-4-3-5-9-17)13-7-6-10-19-12-11-18(16-23-24)14-20(19)22/h3-5,8-9,11-12,14,23H,6-7,10,13,15-16,24H2,1-2H3. The Kier molecular flexibility index (Phi) is 7.40. The maximum atomic E-state index is 14.1. The normalized spacial score (nSPS) is 11.7. The monoisotopic (exact) mass is 345 g/mol. The van der Waals surface area contributed by atoms with E-state index in [1.807, 2.05) is 12.1 Å². The van der Waals surface area contributed by atoms with Crippen molar-refractivity contribution in [2.24, 2.45) is 5.41 Å². The molecule has 0 saturated heterocycles. The Morgan fingerprint density at radius 3 is 2.42 bits per heavy atom. The summed E-state index contributed by atoms with van der Waals surface area (Å²) in [6.45, 7) is 5.33. The third-order valence-corrected chi connectivity index (χ3v) is 4.70.